The van der Waals surface area contributed by atoms with Crippen molar-refractivity contribution >= 4 is 12.0 Å². The number of nitriles is 1. The summed E-state index contributed by atoms with van der Waals surface area (Å²) in [4.78, 5) is 11.5. The minimum absolute atomic E-state index is 0.0454. The Hall–Kier alpha value is -2.75. The number of rotatable bonds is 5. The van der Waals surface area contributed by atoms with Crippen molar-refractivity contribution in [2.45, 2.75) is 6.36 Å². The van der Waals surface area contributed by atoms with Crippen LogP contribution in [-0.2, 0) is 9.53 Å². The van der Waals surface area contributed by atoms with Crippen molar-refractivity contribution < 1.29 is 27.4 Å². The Bertz CT molecular complexity index is 583. The number of nitrogens with zero attached hydrogens (tertiary/aromatic N) is 1. The molecule has 0 unspecified atom stereocenters. The number of carbonyl (C=O) groups excluding carboxylic acids is 1. The third-order valence-corrected chi connectivity index (χ3v) is 2.10. The molecule has 0 spiro atoms. The van der Waals surface area contributed by atoms with Gasteiger partial charge in [-0.1, -0.05) is 24.8 Å². The molecular formula is C14H10F3NO3. The van der Waals surface area contributed by atoms with Crippen LogP contribution in [0, 0.1) is 11.3 Å². The van der Waals surface area contributed by atoms with Gasteiger partial charge in [0.15, 0.2) is 0 Å². The van der Waals surface area contributed by atoms with E-state index in [2.05, 4.69) is 16.1 Å². The highest BCUT2D eigenvalue weighted by Crippen LogP contribution is 2.23. The monoisotopic (exact) mass is 297 g/mol. The van der Waals surface area contributed by atoms with Gasteiger partial charge in [-0.05, 0) is 23.8 Å². The van der Waals surface area contributed by atoms with Crippen molar-refractivity contribution in [2.75, 3.05) is 6.61 Å². The van der Waals surface area contributed by atoms with Crippen molar-refractivity contribution in [3.63, 3.8) is 0 Å². The van der Waals surface area contributed by atoms with Crippen molar-refractivity contribution in [1.82, 2.24) is 0 Å². The number of carbonyl (C=O) groups is 1. The Morgan fingerprint density at radius 1 is 1.33 bits per heavy atom. The summed E-state index contributed by atoms with van der Waals surface area (Å²) in [7, 11) is 0. The molecule has 0 fully saturated rings. The second-order valence-electron chi connectivity index (χ2n) is 3.67. The molecular weight excluding hydrogens is 287 g/mol. The topological polar surface area (TPSA) is 59.3 Å². The van der Waals surface area contributed by atoms with Crippen molar-refractivity contribution in [3.8, 4) is 11.8 Å². The van der Waals surface area contributed by atoms with Gasteiger partial charge in [-0.3, -0.25) is 0 Å². The average molecular weight is 297 g/mol. The fraction of sp³-hybridized carbons (Fsp3) is 0.143. The third kappa shape index (κ3) is 5.82. The average Bonchev–Trinajstić information content (AvgIpc) is 2.42. The molecule has 110 valence electrons. The molecule has 1 aromatic carbocycles. The highest BCUT2D eigenvalue weighted by molar-refractivity contribution is 5.97. The zero-order valence-electron chi connectivity index (χ0n) is 10.7. The Labute approximate surface area is 118 Å². The van der Waals surface area contributed by atoms with E-state index in [0.717, 1.165) is 12.1 Å². The molecule has 1 aromatic rings. The molecule has 21 heavy (non-hydrogen) atoms. The maximum absolute atomic E-state index is 12.0. The molecule has 0 amide bonds. The minimum atomic E-state index is -4.77. The largest absolute Gasteiger partial charge is 0.573 e. The van der Waals surface area contributed by atoms with Crippen LogP contribution in [0.4, 0.5) is 13.2 Å². The van der Waals surface area contributed by atoms with Crippen LogP contribution in [0.2, 0.25) is 0 Å². The highest BCUT2D eigenvalue weighted by Gasteiger charge is 2.30. The molecule has 0 aliphatic heterocycles. The number of hydrogen-bond acceptors (Lipinski definition) is 4. The van der Waals surface area contributed by atoms with E-state index in [-0.39, 0.29) is 12.2 Å². The van der Waals surface area contributed by atoms with Gasteiger partial charge in [-0.15, -0.1) is 13.2 Å². The van der Waals surface area contributed by atoms with Crippen LogP contribution >= 0.6 is 0 Å². The molecule has 0 N–H and O–H groups in total. The molecule has 0 aromatic heterocycles. The van der Waals surface area contributed by atoms with E-state index >= 15 is 0 Å². The first-order valence-electron chi connectivity index (χ1n) is 5.61. The maximum atomic E-state index is 12.0. The zero-order valence-corrected chi connectivity index (χ0v) is 10.7. The van der Waals surface area contributed by atoms with E-state index in [1.54, 1.807) is 6.07 Å². The Morgan fingerprint density at radius 3 is 2.43 bits per heavy atom. The van der Waals surface area contributed by atoms with Crippen LogP contribution in [0.3, 0.4) is 0 Å². The van der Waals surface area contributed by atoms with Gasteiger partial charge in [-0.25, -0.2) is 4.79 Å². The number of hydrogen-bond donors (Lipinski definition) is 0. The smallest absolute Gasteiger partial charge is 0.457 e. The summed E-state index contributed by atoms with van der Waals surface area (Å²) >= 11 is 0. The normalized spacial score (nSPS) is 11.4. The first-order valence-corrected chi connectivity index (χ1v) is 5.61. The SMILES string of the molecule is C=CCOC(=O)C(C#N)=Cc1ccc(OC(F)(F)F)cc1. The Morgan fingerprint density at radius 2 is 1.95 bits per heavy atom. The van der Waals surface area contributed by atoms with Gasteiger partial charge >= 0.3 is 12.3 Å². The molecule has 0 aliphatic rings. The van der Waals surface area contributed by atoms with Gasteiger partial charge < -0.3 is 9.47 Å². The van der Waals surface area contributed by atoms with Gasteiger partial charge in [0.1, 0.15) is 24.0 Å². The predicted octanol–water partition coefficient (Wildman–Crippen LogP) is 3.22. The van der Waals surface area contributed by atoms with Crippen molar-refractivity contribution in [3.05, 3.63) is 48.1 Å². The minimum Gasteiger partial charge on any atom is -0.457 e. The van der Waals surface area contributed by atoms with Crippen LogP contribution in [0.25, 0.3) is 6.08 Å². The van der Waals surface area contributed by atoms with E-state index in [1.165, 1.54) is 24.3 Å². The molecule has 4 nitrogen and oxygen atoms in total. The van der Waals surface area contributed by atoms with Gasteiger partial charge in [0.2, 0.25) is 0 Å². The summed E-state index contributed by atoms with van der Waals surface area (Å²) < 4.78 is 44.3. The third-order valence-electron chi connectivity index (χ3n) is 2.10. The fourth-order valence-corrected chi connectivity index (χ4v) is 1.28. The molecule has 0 radical (unpaired) electrons. The summed E-state index contributed by atoms with van der Waals surface area (Å²) in [5.41, 5.74) is 0.0815. The van der Waals surface area contributed by atoms with E-state index in [4.69, 9.17) is 5.26 Å². The Balaban J connectivity index is 2.85. The number of halogens is 3. The van der Waals surface area contributed by atoms with Gasteiger partial charge in [0, 0.05) is 0 Å². The lowest BCUT2D eigenvalue weighted by molar-refractivity contribution is -0.274. The van der Waals surface area contributed by atoms with Gasteiger partial charge in [0.05, 0.1) is 0 Å². The molecule has 0 saturated carbocycles. The summed E-state index contributed by atoms with van der Waals surface area (Å²) in [5, 5.41) is 8.85. The highest BCUT2D eigenvalue weighted by atomic mass is 19.4. The zero-order chi connectivity index (χ0) is 15.9. The lowest BCUT2D eigenvalue weighted by atomic mass is 10.1. The molecule has 0 heterocycles. The molecule has 7 heteroatoms. The molecule has 0 saturated heterocycles. The van der Waals surface area contributed by atoms with Crippen LogP contribution in [0.1, 0.15) is 5.56 Å². The maximum Gasteiger partial charge on any atom is 0.573 e. The summed E-state index contributed by atoms with van der Waals surface area (Å²) in [5.74, 6) is -1.24. The quantitative estimate of drug-likeness (QED) is 0.362. The first-order chi connectivity index (χ1) is 9.85. The van der Waals surface area contributed by atoms with Crippen LogP contribution in [0.5, 0.6) is 5.75 Å². The van der Waals surface area contributed by atoms with E-state index in [0.29, 0.717) is 5.56 Å². The number of alkyl halides is 3. The molecule has 1 rings (SSSR count). The second kappa shape index (κ2) is 7.14. The van der Waals surface area contributed by atoms with Crippen LogP contribution in [-0.4, -0.2) is 18.9 Å². The lowest BCUT2D eigenvalue weighted by Crippen LogP contribution is -2.16. The standard InChI is InChI=1S/C14H10F3NO3/c1-2-7-20-13(19)11(9-18)8-10-3-5-12(6-4-10)21-14(15,16)17/h2-6,8H,1,7H2. The predicted molar refractivity (Wildman–Crippen MR) is 67.9 cm³/mol. The molecule has 0 atom stereocenters. The summed E-state index contributed by atoms with van der Waals surface area (Å²) in [6, 6.07) is 6.35. The van der Waals surface area contributed by atoms with E-state index < -0.39 is 18.1 Å². The van der Waals surface area contributed by atoms with Crippen LogP contribution < -0.4 is 4.74 Å². The van der Waals surface area contributed by atoms with Crippen LogP contribution in [0.15, 0.2) is 42.5 Å². The molecule has 0 aliphatic carbocycles. The van der Waals surface area contributed by atoms with Gasteiger partial charge in [0.25, 0.3) is 0 Å². The Kier molecular flexibility index (Phi) is 5.55. The number of benzene rings is 1. The second-order valence-corrected chi connectivity index (χ2v) is 3.67. The number of ether oxygens (including phenoxy) is 2. The van der Waals surface area contributed by atoms with Crippen molar-refractivity contribution in [1.29, 1.82) is 5.26 Å². The van der Waals surface area contributed by atoms with Crippen molar-refractivity contribution in [2.24, 2.45) is 0 Å². The lowest BCUT2D eigenvalue weighted by Gasteiger charge is -2.08. The van der Waals surface area contributed by atoms with E-state index in [1.807, 2.05) is 0 Å². The first kappa shape index (κ1) is 16.3. The van der Waals surface area contributed by atoms with Gasteiger partial charge in [-0.2, -0.15) is 5.26 Å². The number of esters is 1. The summed E-state index contributed by atoms with van der Waals surface area (Å²) in [6.45, 7) is 3.31. The molecule has 0 bridgehead atoms. The van der Waals surface area contributed by atoms with E-state index in [9.17, 15) is 18.0 Å². The summed E-state index contributed by atoms with van der Waals surface area (Å²) in [6.07, 6.45) is -2.23. The fourth-order valence-electron chi connectivity index (χ4n) is 1.28.